The molecule has 0 aliphatic rings. The van der Waals surface area contributed by atoms with E-state index in [1.807, 2.05) is 30.3 Å². The second-order valence-corrected chi connectivity index (χ2v) is 5.38. The fourth-order valence-electron chi connectivity index (χ4n) is 1.78. The lowest BCUT2D eigenvalue weighted by Gasteiger charge is -2.17. The van der Waals surface area contributed by atoms with Gasteiger partial charge in [0, 0.05) is 5.56 Å². The maximum absolute atomic E-state index is 13.9. The number of hydrogen-bond acceptors (Lipinski definition) is 2. The SMILES string of the molecule is OC(c1cccc(F)c1OCc1ccccc1)C(Cl)Cl. The number of benzene rings is 2. The molecule has 0 saturated heterocycles. The highest BCUT2D eigenvalue weighted by Gasteiger charge is 2.22. The quantitative estimate of drug-likeness (QED) is 0.836. The van der Waals surface area contributed by atoms with Crippen molar-refractivity contribution >= 4 is 23.2 Å². The van der Waals surface area contributed by atoms with Gasteiger partial charge in [0.1, 0.15) is 17.5 Å². The van der Waals surface area contributed by atoms with Gasteiger partial charge in [-0.05, 0) is 11.6 Å². The summed E-state index contributed by atoms with van der Waals surface area (Å²) in [7, 11) is 0. The van der Waals surface area contributed by atoms with Gasteiger partial charge in [0.05, 0.1) is 0 Å². The molecule has 0 radical (unpaired) electrons. The Labute approximate surface area is 126 Å². The normalized spacial score (nSPS) is 12.4. The third-order valence-corrected chi connectivity index (χ3v) is 3.26. The molecule has 0 saturated carbocycles. The van der Waals surface area contributed by atoms with Crippen molar-refractivity contribution in [2.75, 3.05) is 0 Å². The van der Waals surface area contributed by atoms with Gasteiger partial charge in [-0.15, -0.1) is 23.2 Å². The molecule has 0 spiro atoms. The summed E-state index contributed by atoms with van der Waals surface area (Å²) in [5, 5.41) is 9.89. The Kier molecular flexibility index (Phi) is 5.24. The lowest BCUT2D eigenvalue weighted by molar-refractivity contribution is 0.182. The van der Waals surface area contributed by atoms with Crippen molar-refractivity contribution in [2.45, 2.75) is 17.5 Å². The summed E-state index contributed by atoms with van der Waals surface area (Å²) in [6.07, 6.45) is -1.21. The molecule has 20 heavy (non-hydrogen) atoms. The number of para-hydroxylation sites is 1. The summed E-state index contributed by atoms with van der Waals surface area (Å²) in [5.41, 5.74) is 1.13. The highest BCUT2D eigenvalue weighted by Crippen LogP contribution is 2.33. The highest BCUT2D eigenvalue weighted by molar-refractivity contribution is 6.44. The van der Waals surface area contributed by atoms with E-state index in [0.29, 0.717) is 0 Å². The predicted molar refractivity (Wildman–Crippen MR) is 77.6 cm³/mol. The monoisotopic (exact) mass is 314 g/mol. The molecular weight excluding hydrogens is 302 g/mol. The number of ether oxygens (including phenoxy) is 1. The van der Waals surface area contributed by atoms with Crippen LogP contribution in [0.3, 0.4) is 0 Å². The van der Waals surface area contributed by atoms with Gasteiger partial charge in [-0.3, -0.25) is 0 Å². The second kappa shape index (κ2) is 6.93. The van der Waals surface area contributed by atoms with Gasteiger partial charge in [0.25, 0.3) is 0 Å². The fraction of sp³-hybridized carbons (Fsp3) is 0.200. The van der Waals surface area contributed by atoms with Crippen LogP contribution >= 0.6 is 23.2 Å². The van der Waals surface area contributed by atoms with E-state index in [0.717, 1.165) is 5.56 Å². The maximum atomic E-state index is 13.9. The lowest BCUT2D eigenvalue weighted by atomic mass is 10.1. The van der Waals surface area contributed by atoms with Crippen LogP contribution in [0.4, 0.5) is 4.39 Å². The molecule has 0 aromatic heterocycles. The van der Waals surface area contributed by atoms with Crippen LogP contribution in [0.15, 0.2) is 48.5 Å². The van der Waals surface area contributed by atoms with E-state index >= 15 is 0 Å². The maximum Gasteiger partial charge on any atom is 0.165 e. The van der Waals surface area contributed by atoms with Crippen LogP contribution in [-0.2, 0) is 6.61 Å². The summed E-state index contributed by atoms with van der Waals surface area (Å²) in [5.74, 6) is -0.596. The number of halogens is 3. The Bertz CT molecular complexity index is 561. The van der Waals surface area contributed by atoms with Crippen LogP contribution in [0.25, 0.3) is 0 Å². The zero-order valence-electron chi connectivity index (χ0n) is 10.5. The topological polar surface area (TPSA) is 29.5 Å². The van der Waals surface area contributed by atoms with Gasteiger partial charge in [0.15, 0.2) is 11.6 Å². The fourth-order valence-corrected chi connectivity index (χ4v) is 2.05. The predicted octanol–water partition coefficient (Wildman–Crippen LogP) is 4.24. The number of alkyl halides is 2. The molecule has 0 fully saturated rings. The van der Waals surface area contributed by atoms with Crippen molar-refractivity contribution in [2.24, 2.45) is 0 Å². The average Bonchev–Trinajstić information content (AvgIpc) is 2.46. The van der Waals surface area contributed by atoms with Gasteiger partial charge >= 0.3 is 0 Å². The Hall–Kier alpha value is -1.29. The van der Waals surface area contributed by atoms with Gasteiger partial charge in [-0.1, -0.05) is 42.5 Å². The molecule has 2 nitrogen and oxygen atoms in total. The molecule has 1 unspecified atom stereocenters. The van der Waals surface area contributed by atoms with Gasteiger partial charge in [-0.25, -0.2) is 4.39 Å². The molecule has 2 rings (SSSR count). The van der Waals surface area contributed by atoms with Crippen molar-refractivity contribution in [3.8, 4) is 5.75 Å². The Morgan fingerprint density at radius 3 is 2.40 bits per heavy atom. The molecule has 1 atom stereocenters. The molecule has 2 aromatic rings. The van der Waals surface area contributed by atoms with Gasteiger partial charge in [-0.2, -0.15) is 0 Å². The van der Waals surface area contributed by atoms with Crippen LogP contribution < -0.4 is 4.74 Å². The minimum atomic E-state index is -1.21. The first-order chi connectivity index (χ1) is 9.59. The number of aliphatic hydroxyl groups is 1. The van der Waals surface area contributed by atoms with E-state index in [9.17, 15) is 9.50 Å². The first-order valence-corrected chi connectivity index (χ1v) is 6.88. The van der Waals surface area contributed by atoms with Crippen LogP contribution in [0, 0.1) is 5.82 Å². The number of hydrogen-bond donors (Lipinski definition) is 1. The summed E-state index contributed by atoms with van der Waals surface area (Å²) in [6, 6.07) is 13.6. The minimum Gasteiger partial charge on any atom is -0.485 e. The standard InChI is InChI=1S/C15H13Cl2FO2/c16-15(17)13(19)11-7-4-8-12(18)14(11)20-9-10-5-2-1-3-6-10/h1-8,13,15,19H,9H2. The Balaban J connectivity index is 2.22. The average molecular weight is 315 g/mol. The van der Waals surface area contributed by atoms with Crippen molar-refractivity contribution in [1.29, 1.82) is 0 Å². The zero-order chi connectivity index (χ0) is 14.5. The van der Waals surface area contributed by atoms with E-state index in [2.05, 4.69) is 0 Å². The number of rotatable bonds is 5. The van der Waals surface area contributed by atoms with Crippen LogP contribution in [0.1, 0.15) is 17.2 Å². The molecule has 1 N–H and O–H groups in total. The zero-order valence-corrected chi connectivity index (χ0v) is 12.0. The van der Waals surface area contributed by atoms with E-state index < -0.39 is 16.8 Å². The molecule has 0 aliphatic heterocycles. The summed E-state index contributed by atoms with van der Waals surface area (Å²) in [6.45, 7) is 0.191. The highest BCUT2D eigenvalue weighted by atomic mass is 35.5. The lowest BCUT2D eigenvalue weighted by Crippen LogP contribution is -2.10. The van der Waals surface area contributed by atoms with Crippen LogP contribution in [0.2, 0.25) is 0 Å². The van der Waals surface area contributed by atoms with E-state index in [1.54, 1.807) is 0 Å². The van der Waals surface area contributed by atoms with Gasteiger partial charge < -0.3 is 9.84 Å². The third kappa shape index (κ3) is 3.63. The smallest absolute Gasteiger partial charge is 0.165 e. The van der Waals surface area contributed by atoms with Crippen molar-refractivity contribution in [1.82, 2.24) is 0 Å². The van der Waals surface area contributed by atoms with Crippen LogP contribution in [-0.4, -0.2) is 9.94 Å². The van der Waals surface area contributed by atoms with E-state index in [4.69, 9.17) is 27.9 Å². The van der Waals surface area contributed by atoms with E-state index in [-0.39, 0.29) is 17.9 Å². The Morgan fingerprint density at radius 1 is 1.05 bits per heavy atom. The molecule has 2 aromatic carbocycles. The van der Waals surface area contributed by atoms with Crippen LogP contribution in [0.5, 0.6) is 5.75 Å². The van der Waals surface area contributed by atoms with Crippen molar-refractivity contribution < 1.29 is 14.2 Å². The molecule has 106 valence electrons. The molecule has 5 heteroatoms. The Morgan fingerprint density at radius 2 is 1.75 bits per heavy atom. The summed E-state index contributed by atoms with van der Waals surface area (Å²) >= 11 is 11.3. The first-order valence-electron chi connectivity index (χ1n) is 6.01. The van der Waals surface area contributed by atoms with Crippen molar-refractivity contribution in [3.05, 3.63) is 65.5 Å². The molecule has 0 bridgehead atoms. The number of aliphatic hydroxyl groups excluding tert-OH is 1. The largest absolute Gasteiger partial charge is 0.485 e. The van der Waals surface area contributed by atoms with Crippen molar-refractivity contribution in [3.63, 3.8) is 0 Å². The molecular formula is C15H13Cl2FO2. The molecule has 0 amide bonds. The second-order valence-electron chi connectivity index (χ2n) is 4.21. The third-order valence-electron chi connectivity index (χ3n) is 2.78. The molecule has 0 heterocycles. The van der Waals surface area contributed by atoms with E-state index in [1.165, 1.54) is 18.2 Å². The van der Waals surface area contributed by atoms with Gasteiger partial charge in [0.2, 0.25) is 0 Å². The molecule has 0 aliphatic carbocycles. The summed E-state index contributed by atoms with van der Waals surface area (Å²) < 4.78 is 19.3. The summed E-state index contributed by atoms with van der Waals surface area (Å²) in [4.78, 5) is -1.06. The first kappa shape index (κ1) is 15.1. The minimum absolute atomic E-state index is 0.0323.